The maximum absolute atomic E-state index is 13.6. The molecule has 2 amide bonds. The van der Waals surface area contributed by atoms with Crippen molar-refractivity contribution in [2.75, 3.05) is 50.8 Å². The Labute approximate surface area is 217 Å². The van der Waals surface area contributed by atoms with Crippen molar-refractivity contribution in [1.29, 1.82) is 0 Å². The number of rotatable bonds is 5. The van der Waals surface area contributed by atoms with Gasteiger partial charge in [-0.25, -0.2) is 9.78 Å². The molecular formula is C24H27N5O5S2. The smallest absolute Gasteiger partial charge is 0.409 e. The highest BCUT2D eigenvalue weighted by Crippen LogP contribution is 2.34. The van der Waals surface area contributed by atoms with Crippen molar-refractivity contribution in [1.82, 2.24) is 19.2 Å². The van der Waals surface area contributed by atoms with Gasteiger partial charge in [0.05, 0.1) is 29.7 Å². The summed E-state index contributed by atoms with van der Waals surface area (Å²) in [6.45, 7) is 5.05. The lowest BCUT2D eigenvalue weighted by atomic mass is 10.2. The summed E-state index contributed by atoms with van der Waals surface area (Å²) in [6, 6.07) is 5.35. The molecular weight excluding hydrogens is 502 g/mol. The average Bonchev–Trinajstić information content (AvgIpc) is 3.50. The number of anilines is 1. The molecule has 0 spiro atoms. The van der Waals surface area contributed by atoms with Crippen molar-refractivity contribution in [3.63, 3.8) is 0 Å². The van der Waals surface area contributed by atoms with Crippen LogP contribution in [0.4, 0.5) is 10.6 Å². The predicted molar refractivity (Wildman–Crippen MR) is 141 cm³/mol. The van der Waals surface area contributed by atoms with E-state index in [4.69, 9.17) is 26.7 Å². The highest BCUT2D eigenvalue weighted by Gasteiger charge is 2.35. The largest absolute Gasteiger partial charge is 0.450 e. The van der Waals surface area contributed by atoms with Crippen LogP contribution in [0.3, 0.4) is 0 Å². The lowest BCUT2D eigenvalue weighted by Gasteiger charge is -2.35. The number of piperazine rings is 1. The van der Waals surface area contributed by atoms with Crippen LogP contribution in [0.25, 0.3) is 11.7 Å². The van der Waals surface area contributed by atoms with Gasteiger partial charge in [-0.3, -0.25) is 18.9 Å². The fourth-order valence-corrected chi connectivity index (χ4v) is 5.81. The molecule has 0 saturated carbocycles. The first-order valence-electron chi connectivity index (χ1n) is 12.0. The minimum atomic E-state index is -0.348. The molecule has 0 bridgehead atoms. The van der Waals surface area contributed by atoms with Crippen LogP contribution in [0.5, 0.6) is 0 Å². The maximum Gasteiger partial charge on any atom is 0.409 e. The minimum Gasteiger partial charge on any atom is -0.450 e. The number of carbonyl (C=O) groups is 2. The molecule has 3 aliphatic heterocycles. The van der Waals surface area contributed by atoms with Gasteiger partial charge in [-0.15, -0.1) is 0 Å². The van der Waals surface area contributed by atoms with Crippen molar-refractivity contribution in [3.8, 4) is 0 Å². The highest BCUT2D eigenvalue weighted by atomic mass is 32.2. The van der Waals surface area contributed by atoms with E-state index in [0.29, 0.717) is 72.2 Å². The average molecular weight is 530 g/mol. The Balaban J connectivity index is 1.47. The maximum atomic E-state index is 13.6. The number of nitrogens with zero attached hydrogens (tertiary/aromatic N) is 5. The monoisotopic (exact) mass is 529 g/mol. The number of pyridine rings is 1. The van der Waals surface area contributed by atoms with Gasteiger partial charge in [0.25, 0.3) is 11.5 Å². The Hall–Kier alpha value is -2.96. The number of amides is 2. The molecule has 0 radical (unpaired) electrons. The van der Waals surface area contributed by atoms with Gasteiger partial charge in [0, 0.05) is 39.0 Å². The molecule has 5 rings (SSSR count). The van der Waals surface area contributed by atoms with Crippen molar-refractivity contribution in [2.24, 2.45) is 0 Å². The standard InChI is InChI=1S/C24H27N5O5S2/c1-2-33-23(32)27-11-9-26(10-12-27)20-17(21(30)28-8-4-3-7-19(28)25-20)14-18-22(31)29(24(35)36-18)15-16-6-5-13-34-16/h3-4,7-8,14,16H,2,5-6,9-13,15H2,1H3/b18-14-/t16-/m0/s1. The molecule has 3 fully saturated rings. The van der Waals surface area contributed by atoms with Gasteiger partial charge >= 0.3 is 6.09 Å². The number of ether oxygens (including phenoxy) is 2. The number of hydrogen-bond acceptors (Lipinski definition) is 9. The molecule has 2 aromatic heterocycles. The third-order valence-corrected chi connectivity index (χ3v) is 7.79. The van der Waals surface area contributed by atoms with Crippen LogP contribution in [-0.4, -0.2) is 87.5 Å². The number of aromatic nitrogens is 2. The van der Waals surface area contributed by atoms with E-state index >= 15 is 0 Å². The summed E-state index contributed by atoms with van der Waals surface area (Å²) in [5.74, 6) is 0.259. The number of thioether (sulfide) groups is 1. The van der Waals surface area contributed by atoms with Crippen molar-refractivity contribution in [3.05, 3.63) is 45.2 Å². The quantitative estimate of drug-likeness (QED) is 0.427. The zero-order valence-corrected chi connectivity index (χ0v) is 21.6. The summed E-state index contributed by atoms with van der Waals surface area (Å²) >= 11 is 6.67. The first-order chi connectivity index (χ1) is 17.5. The first kappa shape index (κ1) is 24.7. The second-order valence-corrected chi connectivity index (χ2v) is 10.4. The minimum absolute atomic E-state index is 0.0222. The Kier molecular flexibility index (Phi) is 7.26. The molecule has 0 unspecified atom stereocenters. The molecule has 1 atom stereocenters. The fourth-order valence-electron chi connectivity index (χ4n) is 4.55. The van der Waals surface area contributed by atoms with Crippen LogP contribution in [0.1, 0.15) is 25.3 Å². The number of carbonyl (C=O) groups excluding carboxylic acids is 2. The summed E-state index contributed by atoms with van der Waals surface area (Å²) in [5, 5.41) is 0. The zero-order chi connectivity index (χ0) is 25.2. The Morgan fingerprint density at radius 1 is 1.28 bits per heavy atom. The summed E-state index contributed by atoms with van der Waals surface area (Å²) in [4.78, 5) is 49.3. The zero-order valence-electron chi connectivity index (χ0n) is 19.9. The summed E-state index contributed by atoms with van der Waals surface area (Å²) in [5.41, 5.74) is 0.558. The van der Waals surface area contributed by atoms with E-state index in [1.54, 1.807) is 41.1 Å². The normalized spacial score (nSPS) is 21.8. The number of fused-ring (bicyclic) bond motifs is 1. The lowest BCUT2D eigenvalue weighted by molar-refractivity contribution is -0.123. The topological polar surface area (TPSA) is 96.7 Å². The molecule has 12 heteroatoms. The summed E-state index contributed by atoms with van der Waals surface area (Å²) < 4.78 is 12.7. The van der Waals surface area contributed by atoms with Crippen LogP contribution in [0.15, 0.2) is 34.1 Å². The Morgan fingerprint density at radius 2 is 2.08 bits per heavy atom. The molecule has 2 aromatic rings. The van der Waals surface area contributed by atoms with E-state index in [1.807, 2.05) is 11.0 Å². The van der Waals surface area contributed by atoms with Crippen LogP contribution >= 0.6 is 24.0 Å². The summed E-state index contributed by atoms with van der Waals surface area (Å²) in [7, 11) is 0. The molecule has 36 heavy (non-hydrogen) atoms. The Bertz CT molecular complexity index is 1280. The van der Waals surface area contributed by atoms with Gasteiger partial charge in [-0.1, -0.05) is 30.0 Å². The van der Waals surface area contributed by atoms with E-state index in [-0.39, 0.29) is 23.7 Å². The Morgan fingerprint density at radius 3 is 2.81 bits per heavy atom. The van der Waals surface area contributed by atoms with Crippen molar-refractivity contribution >= 4 is 57.8 Å². The van der Waals surface area contributed by atoms with Gasteiger partial charge in [0.15, 0.2) is 0 Å². The molecule has 0 N–H and O–H groups in total. The van der Waals surface area contributed by atoms with Gasteiger partial charge in [0.2, 0.25) is 0 Å². The number of thiocarbonyl (C=S) groups is 1. The van der Waals surface area contributed by atoms with Gasteiger partial charge in [-0.2, -0.15) is 0 Å². The van der Waals surface area contributed by atoms with Crippen LogP contribution in [-0.2, 0) is 14.3 Å². The van der Waals surface area contributed by atoms with E-state index in [0.717, 1.165) is 12.8 Å². The van der Waals surface area contributed by atoms with E-state index in [9.17, 15) is 14.4 Å². The van der Waals surface area contributed by atoms with Crippen LogP contribution in [0.2, 0.25) is 0 Å². The fraction of sp³-hybridized carbons (Fsp3) is 0.458. The molecule has 190 valence electrons. The third-order valence-electron chi connectivity index (χ3n) is 6.41. The molecule has 3 saturated heterocycles. The van der Waals surface area contributed by atoms with Crippen molar-refractivity contribution in [2.45, 2.75) is 25.9 Å². The van der Waals surface area contributed by atoms with Crippen LogP contribution < -0.4 is 10.5 Å². The predicted octanol–water partition coefficient (Wildman–Crippen LogP) is 2.35. The third kappa shape index (κ3) is 4.84. The van der Waals surface area contributed by atoms with E-state index < -0.39 is 0 Å². The number of hydrogen-bond donors (Lipinski definition) is 0. The SMILES string of the molecule is CCOC(=O)N1CCN(c2nc3ccccn3c(=O)c2/C=C2\SC(=S)N(C[C@@H]3CCCO3)C2=O)CC1. The second kappa shape index (κ2) is 10.6. The first-order valence-corrected chi connectivity index (χ1v) is 13.2. The summed E-state index contributed by atoms with van der Waals surface area (Å²) in [6.07, 6.45) is 4.77. The van der Waals surface area contributed by atoms with Gasteiger partial charge < -0.3 is 19.3 Å². The molecule has 10 nitrogen and oxygen atoms in total. The van der Waals surface area contributed by atoms with Crippen LogP contribution in [0, 0.1) is 0 Å². The molecule has 0 aliphatic carbocycles. The molecule has 0 aromatic carbocycles. The lowest BCUT2D eigenvalue weighted by Crippen LogP contribution is -2.49. The van der Waals surface area contributed by atoms with Crippen molar-refractivity contribution < 1.29 is 19.1 Å². The van der Waals surface area contributed by atoms with E-state index in [1.165, 1.54) is 16.2 Å². The second-order valence-electron chi connectivity index (χ2n) is 8.68. The molecule has 5 heterocycles. The van der Waals surface area contributed by atoms with Gasteiger partial charge in [-0.05, 0) is 38.0 Å². The van der Waals surface area contributed by atoms with E-state index in [2.05, 4.69) is 0 Å². The van der Waals surface area contributed by atoms with Gasteiger partial charge in [0.1, 0.15) is 15.8 Å². The highest BCUT2D eigenvalue weighted by molar-refractivity contribution is 8.26. The molecule has 3 aliphatic rings.